The van der Waals surface area contributed by atoms with Crippen molar-refractivity contribution in [2.24, 2.45) is 5.73 Å². The Balaban J connectivity index is 3.51. The number of hydrogen-bond acceptors (Lipinski definition) is 3. The van der Waals surface area contributed by atoms with Crippen molar-refractivity contribution < 1.29 is 13.9 Å². The lowest BCUT2D eigenvalue weighted by Gasteiger charge is -2.18. The van der Waals surface area contributed by atoms with Gasteiger partial charge in [-0.2, -0.15) is 0 Å². The summed E-state index contributed by atoms with van der Waals surface area (Å²) in [4.78, 5) is 0. The third kappa shape index (κ3) is 1.97. The van der Waals surface area contributed by atoms with Gasteiger partial charge in [0, 0.05) is 11.1 Å². The van der Waals surface area contributed by atoms with Gasteiger partial charge in [-0.05, 0) is 32.4 Å². The summed E-state index contributed by atoms with van der Waals surface area (Å²) < 4.78 is 24.4. The number of methoxy groups -OCH3 is 2. The number of halogens is 1. The predicted molar refractivity (Wildman–Crippen MR) is 61.7 cm³/mol. The van der Waals surface area contributed by atoms with Crippen molar-refractivity contribution in [2.75, 3.05) is 20.8 Å². The summed E-state index contributed by atoms with van der Waals surface area (Å²) in [6, 6.07) is 0. The van der Waals surface area contributed by atoms with Crippen molar-refractivity contribution in [2.45, 2.75) is 20.3 Å². The summed E-state index contributed by atoms with van der Waals surface area (Å²) in [6.45, 7) is 3.86. The summed E-state index contributed by atoms with van der Waals surface area (Å²) >= 11 is 0. The molecule has 0 amide bonds. The maximum absolute atomic E-state index is 13.9. The van der Waals surface area contributed by atoms with Crippen LogP contribution in [0.25, 0.3) is 0 Å². The molecule has 1 aromatic rings. The second-order valence-corrected chi connectivity index (χ2v) is 3.65. The lowest BCUT2D eigenvalue weighted by molar-refractivity contribution is 0.345. The van der Waals surface area contributed by atoms with Crippen LogP contribution in [0.4, 0.5) is 4.39 Å². The molecule has 0 radical (unpaired) electrons. The number of benzene rings is 1. The number of nitrogens with two attached hydrogens (primary N) is 1. The second-order valence-electron chi connectivity index (χ2n) is 3.65. The van der Waals surface area contributed by atoms with E-state index in [4.69, 9.17) is 15.2 Å². The Bertz CT molecular complexity index is 391. The van der Waals surface area contributed by atoms with E-state index in [-0.39, 0.29) is 5.82 Å². The summed E-state index contributed by atoms with van der Waals surface area (Å²) in [5.74, 6) is 0.791. The van der Waals surface area contributed by atoms with Gasteiger partial charge in [-0.3, -0.25) is 0 Å². The van der Waals surface area contributed by atoms with Gasteiger partial charge in [-0.1, -0.05) is 0 Å². The van der Waals surface area contributed by atoms with E-state index in [9.17, 15) is 4.39 Å². The quantitative estimate of drug-likeness (QED) is 0.855. The number of rotatable bonds is 4. The first-order valence-corrected chi connectivity index (χ1v) is 5.18. The normalized spacial score (nSPS) is 10.4. The lowest BCUT2D eigenvalue weighted by atomic mass is 9.99. The van der Waals surface area contributed by atoms with E-state index in [0.717, 1.165) is 5.56 Å². The second kappa shape index (κ2) is 5.16. The third-order valence-corrected chi connectivity index (χ3v) is 2.73. The molecule has 0 atom stereocenters. The molecule has 0 saturated heterocycles. The van der Waals surface area contributed by atoms with E-state index < -0.39 is 0 Å². The fourth-order valence-electron chi connectivity index (χ4n) is 1.90. The van der Waals surface area contributed by atoms with Crippen molar-refractivity contribution in [3.63, 3.8) is 0 Å². The van der Waals surface area contributed by atoms with Crippen LogP contribution in [0.1, 0.15) is 16.7 Å². The largest absolute Gasteiger partial charge is 0.493 e. The molecule has 0 aromatic heterocycles. The maximum atomic E-state index is 13.9. The fraction of sp³-hybridized carbons (Fsp3) is 0.500. The van der Waals surface area contributed by atoms with Crippen molar-refractivity contribution in [3.05, 3.63) is 22.5 Å². The van der Waals surface area contributed by atoms with Crippen LogP contribution >= 0.6 is 0 Å². The molecule has 1 rings (SSSR count). The first-order chi connectivity index (χ1) is 7.58. The Labute approximate surface area is 95.4 Å². The first kappa shape index (κ1) is 12.8. The predicted octanol–water partition coefficient (Wildman–Crippen LogP) is 1.96. The van der Waals surface area contributed by atoms with Crippen LogP contribution in [0.3, 0.4) is 0 Å². The van der Waals surface area contributed by atoms with Crippen LogP contribution < -0.4 is 15.2 Å². The van der Waals surface area contributed by atoms with E-state index in [2.05, 4.69) is 0 Å². The zero-order valence-electron chi connectivity index (χ0n) is 10.2. The molecule has 16 heavy (non-hydrogen) atoms. The Kier molecular flexibility index (Phi) is 4.12. The summed E-state index contributed by atoms with van der Waals surface area (Å²) in [5, 5.41) is 0. The fourth-order valence-corrected chi connectivity index (χ4v) is 1.90. The summed E-state index contributed by atoms with van der Waals surface area (Å²) in [7, 11) is 3.06. The average Bonchev–Trinajstić information content (AvgIpc) is 2.29. The SMILES string of the molecule is COc1c(C)c(F)c(C)c(CCN)c1OC. The molecular formula is C12H18FNO2. The standard InChI is InChI=1S/C12H18FNO2/c1-7-9(5-6-14)12(16-4)11(15-3)8(2)10(7)13/h5-6,14H2,1-4H3. The van der Waals surface area contributed by atoms with Crippen molar-refractivity contribution in [1.29, 1.82) is 0 Å². The van der Waals surface area contributed by atoms with Gasteiger partial charge >= 0.3 is 0 Å². The van der Waals surface area contributed by atoms with Crippen LogP contribution in [0, 0.1) is 19.7 Å². The zero-order chi connectivity index (χ0) is 12.3. The van der Waals surface area contributed by atoms with E-state index in [1.165, 1.54) is 7.11 Å². The van der Waals surface area contributed by atoms with E-state index >= 15 is 0 Å². The van der Waals surface area contributed by atoms with Crippen LogP contribution in [-0.2, 0) is 6.42 Å². The third-order valence-electron chi connectivity index (χ3n) is 2.73. The van der Waals surface area contributed by atoms with Crippen LogP contribution in [-0.4, -0.2) is 20.8 Å². The Morgan fingerprint density at radius 2 is 1.62 bits per heavy atom. The van der Waals surface area contributed by atoms with E-state index in [1.807, 2.05) is 0 Å². The molecule has 0 fully saturated rings. The topological polar surface area (TPSA) is 44.5 Å². The van der Waals surface area contributed by atoms with Gasteiger partial charge in [0.25, 0.3) is 0 Å². The van der Waals surface area contributed by atoms with Crippen molar-refractivity contribution in [1.82, 2.24) is 0 Å². The molecular weight excluding hydrogens is 209 g/mol. The molecule has 1 aromatic carbocycles. The molecule has 0 aliphatic rings. The van der Waals surface area contributed by atoms with Crippen molar-refractivity contribution >= 4 is 0 Å². The molecule has 90 valence electrons. The highest BCUT2D eigenvalue weighted by Crippen LogP contribution is 2.38. The molecule has 0 aliphatic carbocycles. The molecule has 0 heterocycles. The highest BCUT2D eigenvalue weighted by molar-refractivity contribution is 5.56. The maximum Gasteiger partial charge on any atom is 0.166 e. The van der Waals surface area contributed by atoms with Gasteiger partial charge in [0.1, 0.15) is 5.82 Å². The Morgan fingerprint density at radius 1 is 1.06 bits per heavy atom. The molecule has 0 aliphatic heterocycles. The number of ether oxygens (including phenoxy) is 2. The molecule has 0 bridgehead atoms. The van der Waals surface area contributed by atoms with Crippen molar-refractivity contribution in [3.8, 4) is 11.5 Å². The van der Waals surface area contributed by atoms with Gasteiger partial charge in [0.05, 0.1) is 14.2 Å². The van der Waals surface area contributed by atoms with Crippen LogP contribution in [0.2, 0.25) is 0 Å². The van der Waals surface area contributed by atoms with Gasteiger partial charge in [-0.25, -0.2) is 4.39 Å². The zero-order valence-corrected chi connectivity index (χ0v) is 10.2. The molecule has 4 heteroatoms. The molecule has 3 nitrogen and oxygen atoms in total. The average molecular weight is 227 g/mol. The van der Waals surface area contributed by atoms with Gasteiger partial charge in [-0.15, -0.1) is 0 Å². The minimum atomic E-state index is -0.249. The highest BCUT2D eigenvalue weighted by atomic mass is 19.1. The van der Waals surface area contributed by atoms with E-state index in [1.54, 1.807) is 21.0 Å². The van der Waals surface area contributed by atoms with Crippen LogP contribution in [0.5, 0.6) is 11.5 Å². The minimum absolute atomic E-state index is 0.249. The lowest BCUT2D eigenvalue weighted by Crippen LogP contribution is -2.09. The Morgan fingerprint density at radius 3 is 2.06 bits per heavy atom. The first-order valence-electron chi connectivity index (χ1n) is 5.18. The van der Waals surface area contributed by atoms with Crippen LogP contribution in [0.15, 0.2) is 0 Å². The summed E-state index contributed by atoms with van der Waals surface area (Å²) in [5.41, 5.74) is 7.35. The molecule has 0 spiro atoms. The smallest absolute Gasteiger partial charge is 0.166 e. The van der Waals surface area contributed by atoms with Gasteiger partial charge in [0.2, 0.25) is 0 Å². The highest BCUT2D eigenvalue weighted by Gasteiger charge is 2.20. The monoisotopic (exact) mass is 227 g/mol. The molecule has 0 saturated carbocycles. The van der Waals surface area contributed by atoms with Gasteiger partial charge < -0.3 is 15.2 Å². The summed E-state index contributed by atoms with van der Waals surface area (Å²) in [6.07, 6.45) is 0.572. The Hall–Kier alpha value is -1.29. The molecule has 0 unspecified atom stereocenters. The van der Waals surface area contributed by atoms with Gasteiger partial charge in [0.15, 0.2) is 11.5 Å². The molecule has 2 N–H and O–H groups in total. The van der Waals surface area contributed by atoms with E-state index in [0.29, 0.717) is 35.6 Å². The minimum Gasteiger partial charge on any atom is -0.493 e. The number of hydrogen-bond donors (Lipinski definition) is 1.